The summed E-state index contributed by atoms with van der Waals surface area (Å²) in [6.07, 6.45) is 31.4. The maximum absolute atomic E-state index is 13.1. The van der Waals surface area contributed by atoms with Crippen molar-refractivity contribution in [1.29, 1.82) is 0 Å². The van der Waals surface area contributed by atoms with Crippen molar-refractivity contribution in [2.45, 2.75) is 194 Å². The molecule has 5 aliphatic rings. The van der Waals surface area contributed by atoms with Crippen LogP contribution >= 0.6 is 11.3 Å². The highest BCUT2D eigenvalue weighted by Crippen LogP contribution is 2.72. The first-order valence-corrected chi connectivity index (χ1v) is 28.5. The molecule has 2 N–H and O–H groups in total. The number of aromatic nitrogens is 6. The van der Waals surface area contributed by atoms with Crippen LogP contribution in [0.4, 0.5) is 22.6 Å². The Hall–Kier alpha value is -4.46. The Morgan fingerprint density at radius 2 is 1.48 bits per heavy atom. The zero-order valence-electron chi connectivity index (χ0n) is 44.1. The molecule has 0 saturated heterocycles. The molecule has 1 aliphatic heterocycles. The SMILES string of the molecule is CCCCCCCCCCCCCCCCCN(C)CCOC12CC3(C)CC(C)(CC(Cn4ncc(-c5ccc(N6CCCc7c6nnc(Nc6nc8ccccc8s6)c7C)nc5C(=O)O)c4C)(C3)C1)C2. The van der Waals surface area contributed by atoms with E-state index in [-0.39, 0.29) is 27.5 Å². The predicted octanol–water partition coefficient (Wildman–Crippen LogP) is 14.4. The van der Waals surface area contributed by atoms with Crippen molar-refractivity contribution in [1.82, 2.24) is 34.8 Å². The highest BCUT2D eigenvalue weighted by atomic mass is 32.1. The molecule has 71 heavy (non-hydrogen) atoms. The molecule has 4 saturated carbocycles. The van der Waals surface area contributed by atoms with Crippen molar-refractivity contribution in [3.63, 3.8) is 0 Å². The number of pyridine rings is 1. The molecule has 0 spiro atoms. The van der Waals surface area contributed by atoms with E-state index in [1.165, 1.54) is 116 Å². The van der Waals surface area contributed by atoms with E-state index in [2.05, 4.69) is 67.7 Å². The number of carboxylic acid groups (broad SMARTS) is 1. The number of nitrogens with zero attached hydrogens (tertiary/aromatic N) is 8. The largest absolute Gasteiger partial charge is 0.476 e. The van der Waals surface area contributed by atoms with Crippen LogP contribution in [0, 0.1) is 30.1 Å². The zero-order chi connectivity index (χ0) is 49.6. The molecule has 2 unspecified atom stereocenters. The fraction of sp³-hybridized carbons (Fsp3) is 0.655. The van der Waals surface area contributed by atoms with E-state index in [4.69, 9.17) is 24.9 Å². The Morgan fingerprint density at radius 3 is 2.15 bits per heavy atom. The highest BCUT2D eigenvalue weighted by Gasteiger charge is 2.66. The van der Waals surface area contributed by atoms with Crippen LogP contribution in [0.2, 0.25) is 0 Å². The first kappa shape index (κ1) is 51.4. The molecule has 10 rings (SSSR count). The number of hydrogen-bond acceptors (Lipinski definition) is 11. The molecule has 1 aromatic carbocycles. The molecule has 4 aliphatic carbocycles. The number of nitrogens with one attached hydrogen (secondary N) is 1. The molecular weight excluding hydrogens is 903 g/mol. The molecule has 4 bridgehead atoms. The molecule has 4 aromatic heterocycles. The van der Waals surface area contributed by atoms with Gasteiger partial charge in [0.1, 0.15) is 5.82 Å². The second kappa shape index (κ2) is 22.3. The summed E-state index contributed by atoms with van der Waals surface area (Å²) in [5, 5.41) is 29.2. The first-order valence-electron chi connectivity index (χ1n) is 27.6. The summed E-state index contributed by atoms with van der Waals surface area (Å²) in [6.45, 7) is 15.8. The lowest BCUT2D eigenvalue weighted by Crippen LogP contribution is -2.64. The number of benzene rings is 1. The van der Waals surface area contributed by atoms with Crippen LogP contribution in [0.5, 0.6) is 0 Å². The molecule has 0 radical (unpaired) electrons. The van der Waals surface area contributed by atoms with Crippen molar-refractivity contribution in [2.75, 3.05) is 43.5 Å². The van der Waals surface area contributed by atoms with Crippen LogP contribution in [-0.2, 0) is 17.7 Å². The molecule has 12 nitrogen and oxygen atoms in total. The number of hydrogen-bond donors (Lipinski definition) is 2. The number of fused-ring (bicyclic) bond motifs is 2. The van der Waals surface area contributed by atoms with E-state index < -0.39 is 5.97 Å². The summed E-state index contributed by atoms with van der Waals surface area (Å²) in [5.74, 6) is 0.876. The van der Waals surface area contributed by atoms with Gasteiger partial charge in [-0.25, -0.2) is 14.8 Å². The minimum absolute atomic E-state index is 0.0165. The second-order valence-corrected chi connectivity index (χ2v) is 24.5. The van der Waals surface area contributed by atoms with Gasteiger partial charge in [0.05, 0.1) is 28.6 Å². The summed E-state index contributed by atoms with van der Waals surface area (Å²) >= 11 is 1.59. The summed E-state index contributed by atoms with van der Waals surface area (Å²) in [4.78, 5) is 27.1. The van der Waals surface area contributed by atoms with Gasteiger partial charge in [0.15, 0.2) is 22.5 Å². The molecule has 2 atom stereocenters. The van der Waals surface area contributed by atoms with Gasteiger partial charge in [-0.05, 0) is 126 Å². The van der Waals surface area contributed by atoms with Gasteiger partial charge in [-0.1, -0.05) is 134 Å². The fourth-order valence-electron chi connectivity index (χ4n) is 14.5. The molecule has 0 amide bonds. The summed E-state index contributed by atoms with van der Waals surface area (Å²) in [6, 6.07) is 11.9. The van der Waals surface area contributed by atoms with Gasteiger partial charge in [0.2, 0.25) is 0 Å². The smallest absolute Gasteiger partial charge is 0.355 e. The average molecular weight is 986 g/mol. The molecular formula is C58H83N9O3S. The summed E-state index contributed by atoms with van der Waals surface area (Å²) in [7, 11) is 2.27. The third kappa shape index (κ3) is 12.0. The second-order valence-electron chi connectivity index (χ2n) is 23.5. The minimum Gasteiger partial charge on any atom is -0.476 e. The number of ether oxygens (including phenoxy) is 1. The van der Waals surface area contributed by atoms with E-state index in [9.17, 15) is 9.90 Å². The minimum atomic E-state index is -1.06. The number of likely N-dealkylation sites (N-methyl/N-ethyl adjacent to an activating group) is 1. The van der Waals surface area contributed by atoms with Gasteiger partial charge in [0.25, 0.3) is 0 Å². The van der Waals surface area contributed by atoms with Gasteiger partial charge < -0.3 is 25.0 Å². The van der Waals surface area contributed by atoms with Gasteiger partial charge in [-0.15, -0.1) is 10.2 Å². The number of anilines is 4. The van der Waals surface area contributed by atoms with Gasteiger partial charge in [-0.3, -0.25) is 4.68 Å². The first-order chi connectivity index (χ1) is 34.3. The molecule has 384 valence electrons. The Bertz CT molecular complexity index is 2560. The van der Waals surface area contributed by atoms with Crippen LogP contribution in [0.25, 0.3) is 21.3 Å². The van der Waals surface area contributed by atoms with Gasteiger partial charge in [0, 0.05) is 47.6 Å². The number of carboxylic acids is 1. The van der Waals surface area contributed by atoms with E-state index in [1.54, 1.807) is 11.3 Å². The van der Waals surface area contributed by atoms with Crippen LogP contribution in [0.1, 0.15) is 189 Å². The number of carbonyl (C=O) groups is 1. The number of aromatic carboxylic acids is 1. The predicted molar refractivity (Wildman–Crippen MR) is 290 cm³/mol. The van der Waals surface area contributed by atoms with Crippen LogP contribution in [0.15, 0.2) is 42.6 Å². The summed E-state index contributed by atoms with van der Waals surface area (Å²) in [5.41, 5.74) is 5.82. The third-order valence-electron chi connectivity index (χ3n) is 16.8. The Morgan fingerprint density at radius 1 is 0.803 bits per heavy atom. The zero-order valence-corrected chi connectivity index (χ0v) is 44.9. The van der Waals surface area contributed by atoms with Crippen LogP contribution < -0.4 is 10.2 Å². The Kier molecular flexibility index (Phi) is 16.2. The van der Waals surface area contributed by atoms with Gasteiger partial charge in [-0.2, -0.15) is 5.10 Å². The van der Waals surface area contributed by atoms with E-state index >= 15 is 0 Å². The topological polar surface area (TPSA) is 134 Å². The fourth-order valence-corrected chi connectivity index (χ4v) is 15.4. The number of para-hydroxylation sites is 1. The molecule has 5 heterocycles. The number of unbranched alkanes of at least 4 members (excludes halogenated alkanes) is 14. The Labute approximate surface area is 428 Å². The van der Waals surface area contributed by atoms with Crippen LogP contribution in [0.3, 0.4) is 0 Å². The summed E-state index contributed by atoms with van der Waals surface area (Å²) < 4.78 is 10.4. The van der Waals surface area contributed by atoms with Crippen molar-refractivity contribution in [2.24, 2.45) is 16.2 Å². The van der Waals surface area contributed by atoms with E-state index in [0.717, 1.165) is 96.1 Å². The lowest BCUT2D eigenvalue weighted by Gasteiger charge is -2.69. The van der Waals surface area contributed by atoms with E-state index in [1.807, 2.05) is 41.4 Å². The van der Waals surface area contributed by atoms with Gasteiger partial charge >= 0.3 is 5.97 Å². The molecule has 4 fully saturated rings. The average Bonchev–Trinajstić information content (AvgIpc) is 3.91. The van der Waals surface area contributed by atoms with Crippen molar-refractivity contribution >= 4 is 50.1 Å². The van der Waals surface area contributed by atoms with E-state index in [0.29, 0.717) is 29.6 Å². The number of thiazole rings is 1. The standard InChI is InChI=1S/C58H83N9O3S/c1-7-8-9-10-11-12-13-14-15-16-17-18-19-20-23-30-65(6)32-33-70-58-38-55(4)35-56(5,39-58)37-57(36-55,40-58)41-67-43(3)46(34-59-67)45-28-29-49(61-50(45)53(68)69)66-31-24-25-44-42(2)51(63-64-52(44)66)62-54-60-47-26-21-22-27-48(47)71-54/h21-22,26-29,34H,7-20,23-25,30-33,35-41H2,1-6H3,(H,68,69)(H,60,62,63). The lowest BCUT2D eigenvalue weighted by atomic mass is 9.39. The normalized spacial score (nSPS) is 23.6. The highest BCUT2D eigenvalue weighted by molar-refractivity contribution is 7.22. The molecule has 13 heteroatoms. The van der Waals surface area contributed by atoms with Crippen molar-refractivity contribution in [3.8, 4) is 11.1 Å². The molecule has 5 aromatic rings. The maximum Gasteiger partial charge on any atom is 0.355 e. The maximum atomic E-state index is 13.1. The van der Waals surface area contributed by atoms with Crippen molar-refractivity contribution in [3.05, 3.63) is 65.1 Å². The third-order valence-corrected chi connectivity index (χ3v) is 17.8. The monoisotopic (exact) mass is 986 g/mol. The van der Waals surface area contributed by atoms with Crippen molar-refractivity contribution < 1.29 is 14.6 Å². The van der Waals surface area contributed by atoms with Crippen LogP contribution in [-0.4, -0.2) is 84.8 Å². The quantitative estimate of drug-likeness (QED) is 0.0487. The Balaban J connectivity index is 0.793. The number of rotatable bonds is 27. The lowest BCUT2D eigenvalue weighted by molar-refractivity contribution is -0.248.